The molecule has 0 atom stereocenters. The molecule has 4 rings (SSSR count). The summed E-state index contributed by atoms with van der Waals surface area (Å²) in [5.74, 6) is 0.708. The summed E-state index contributed by atoms with van der Waals surface area (Å²) < 4.78 is 12.1. The van der Waals surface area contributed by atoms with Crippen LogP contribution in [0.2, 0.25) is 0 Å². The van der Waals surface area contributed by atoms with Crippen LogP contribution in [0.5, 0.6) is 11.5 Å². The first-order valence-electron chi connectivity index (χ1n) is 8.32. The number of amides is 1. The van der Waals surface area contributed by atoms with Crippen LogP contribution in [-0.2, 0) is 11.3 Å². The number of hydrogen-bond acceptors (Lipinski definition) is 7. The first-order valence-corrected chi connectivity index (χ1v) is 8.32. The molecule has 0 saturated carbocycles. The molecule has 10 nitrogen and oxygen atoms in total. The fourth-order valence-corrected chi connectivity index (χ4v) is 2.89. The van der Waals surface area contributed by atoms with Crippen molar-refractivity contribution in [1.29, 1.82) is 0 Å². The summed E-state index contributed by atoms with van der Waals surface area (Å²) >= 11 is 0. The summed E-state index contributed by atoms with van der Waals surface area (Å²) in [6, 6.07) is 11.5. The second-order valence-corrected chi connectivity index (χ2v) is 6.03. The van der Waals surface area contributed by atoms with Crippen LogP contribution in [0.3, 0.4) is 0 Å². The van der Waals surface area contributed by atoms with Gasteiger partial charge in [-0.05, 0) is 18.2 Å². The van der Waals surface area contributed by atoms with Crippen LogP contribution in [0, 0.1) is 10.1 Å². The summed E-state index contributed by atoms with van der Waals surface area (Å²) in [7, 11) is 1.58. The summed E-state index contributed by atoms with van der Waals surface area (Å²) in [5, 5.41) is 19.2. The van der Waals surface area contributed by atoms with Crippen molar-refractivity contribution in [2.24, 2.45) is 0 Å². The molecule has 1 aliphatic rings. The van der Waals surface area contributed by atoms with Crippen molar-refractivity contribution in [1.82, 2.24) is 15.0 Å². The maximum absolute atomic E-state index is 12.3. The number of hydrogen-bond donors (Lipinski definition) is 0. The van der Waals surface area contributed by atoms with Crippen molar-refractivity contribution in [2.45, 2.75) is 6.54 Å². The number of benzene rings is 2. The number of carbonyl (C=O) groups excluding carboxylic acids is 1. The average molecular weight is 381 g/mol. The number of nitro benzene ring substituents is 1. The normalized spacial score (nSPS) is 13.0. The number of anilines is 1. The van der Waals surface area contributed by atoms with Crippen LogP contribution in [0.4, 0.5) is 11.4 Å². The molecule has 0 bridgehead atoms. The first-order chi connectivity index (χ1) is 13.5. The number of ether oxygens (including phenoxy) is 2. The number of methoxy groups -OCH3 is 1. The molecule has 142 valence electrons. The van der Waals surface area contributed by atoms with Crippen molar-refractivity contribution in [3.8, 4) is 17.2 Å². The van der Waals surface area contributed by atoms with Gasteiger partial charge in [0.2, 0.25) is 0 Å². The molecule has 2 heterocycles. The number of nitrogens with zero attached hydrogens (tertiary/aromatic N) is 5. The zero-order valence-corrected chi connectivity index (χ0v) is 14.8. The van der Waals surface area contributed by atoms with Crippen LogP contribution in [-0.4, -0.2) is 39.5 Å². The van der Waals surface area contributed by atoms with Gasteiger partial charge in [0.25, 0.3) is 11.6 Å². The molecule has 0 radical (unpaired) electrons. The Kier molecular flexibility index (Phi) is 4.36. The summed E-state index contributed by atoms with van der Waals surface area (Å²) in [5.41, 5.74) is 1.68. The Balaban J connectivity index is 1.60. The topological polar surface area (TPSA) is 113 Å². The number of non-ortho nitro benzene ring substituents is 1. The van der Waals surface area contributed by atoms with Crippen molar-refractivity contribution in [3.63, 3.8) is 0 Å². The van der Waals surface area contributed by atoms with Gasteiger partial charge in [0.05, 0.1) is 42.2 Å². The Morgan fingerprint density at radius 1 is 1.29 bits per heavy atom. The number of nitro groups is 1. The summed E-state index contributed by atoms with van der Waals surface area (Å²) in [6.45, 7) is -0.0326. The monoisotopic (exact) mass is 381 g/mol. The largest absolute Gasteiger partial charge is 0.497 e. The van der Waals surface area contributed by atoms with Crippen molar-refractivity contribution < 1.29 is 19.2 Å². The molecule has 10 heteroatoms. The van der Waals surface area contributed by atoms with E-state index in [1.807, 2.05) is 24.3 Å². The minimum absolute atomic E-state index is 0.1000. The molecule has 0 unspecified atom stereocenters. The fraction of sp³-hybridized carbons (Fsp3) is 0.167. The van der Waals surface area contributed by atoms with E-state index in [2.05, 4.69) is 10.3 Å². The highest BCUT2D eigenvalue weighted by Crippen LogP contribution is 2.35. The summed E-state index contributed by atoms with van der Waals surface area (Å²) in [4.78, 5) is 24.2. The predicted molar refractivity (Wildman–Crippen MR) is 97.7 cm³/mol. The maximum atomic E-state index is 12.3. The van der Waals surface area contributed by atoms with E-state index in [1.54, 1.807) is 18.0 Å². The quantitative estimate of drug-likeness (QED) is 0.491. The van der Waals surface area contributed by atoms with Crippen LogP contribution in [0.1, 0.15) is 5.69 Å². The molecule has 3 aromatic rings. The molecule has 1 amide bonds. The molecule has 0 aliphatic carbocycles. The zero-order valence-electron chi connectivity index (χ0n) is 14.8. The highest BCUT2D eigenvalue weighted by Gasteiger charge is 2.28. The molecular weight excluding hydrogens is 366 g/mol. The predicted octanol–water partition coefficient (Wildman–Crippen LogP) is 2.11. The van der Waals surface area contributed by atoms with Gasteiger partial charge < -0.3 is 9.47 Å². The zero-order chi connectivity index (χ0) is 19.7. The van der Waals surface area contributed by atoms with Crippen molar-refractivity contribution in [2.75, 3.05) is 18.6 Å². The van der Waals surface area contributed by atoms with E-state index in [9.17, 15) is 14.9 Å². The van der Waals surface area contributed by atoms with Crippen LogP contribution in [0.25, 0.3) is 5.69 Å². The Bertz CT molecular complexity index is 1060. The van der Waals surface area contributed by atoms with Crippen molar-refractivity contribution >= 4 is 17.3 Å². The van der Waals surface area contributed by atoms with Gasteiger partial charge >= 0.3 is 0 Å². The van der Waals surface area contributed by atoms with E-state index in [0.29, 0.717) is 17.1 Å². The molecule has 0 spiro atoms. The van der Waals surface area contributed by atoms with Gasteiger partial charge in [-0.2, -0.15) is 0 Å². The van der Waals surface area contributed by atoms with Gasteiger partial charge in [-0.15, -0.1) is 5.10 Å². The van der Waals surface area contributed by atoms with Gasteiger partial charge in [0.15, 0.2) is 12.4 Å². The smallest absolute Gasteiger partial charge is 0.273 e. The highest BCUT2D eigenvalue weighted by atomic mass is 16.6. The highest BCUT2D eigenvalue weighted by molar-refractivity contribution is 5.97. The minimum Gasteiger partial charge on any atom is -0.497 e. The SMILES string of the molecule is COc1cccc(-n2cc(CN3C(=O)COc4cc([N+](=O)[O-])ccc43)nn2)c1. The molecule has 28 heavy (non-hydrogen) atoms. The van der Waals surface area contributed by atoms with Gasteiger partial charge in [0.1, 0.15) is 11.4 Å². The Morgan fingerprint density at radius 2 is 2.14 bits per heavy atom. The van der Waals surface area contributed by atoms with Crippen molar-refractivity contribution in [3.05, 3.63) is 64.5 Å². The standard InChI is InChI=1S/C18H15N5O5/c1-27-15-4-2-3-13(7-15)22-10-12(19-20-22)9-21-16-6-5-14(23(25)26)8-17(16)28-11-18(21)24/h2-8,10H,9,11H2,1H3. The van der Waals surface area contributed by atoms with Gasteiger partial charge in [-0.1, -0.05) is 11.3 Å². The number of carbonyl (C=O) groups is 1. The van der Waals surface area contributed by atoms with E-state index in [-0.39, 0.29) is 30.5 Å². The molecule has 1 aromatic heterocycles. The molecule has 1 aliphatic heterocycles. The molecule has 0 saturated heterocycles. The molecule has 2 aromatic carbocycles. The Morgan fingerprint density at radius 3 is 2.93 bits per heavy atom. The van der Waals surface area contributed by atoms with E-state index in [4.69, 9.17) is 9.47 Å². The number of fused-ring (bicyclic) bond motifs is 1. The van der Waals surface area contributed by atoms with E-state index in [0.717, 1.165) is 5.69 Å². The second kappa shape index (κ2) is 6.99. The van der Waals surface area contributed by atoms with Crippen LogP contribution >= 0.6 is 0 Å². The third-order valence-corrected chi connectivity index (χ3v) is 4.28. The van der Waals surface area contributed by atoms with E-state index >= 15 is 0 Å². The van der Waals surface area contributed by atoms with E-state index < -0.39 is 4.92 Å². The molecular formula is C18H15N5O5. The second-order valence-electron chi connectivity index (χ2n) is 6.03. The van der Waals surface area contributed by atoms with Gasteiger partial charge in [-0.25, -0.2) is 4.68 Å². The van der Waals surface area contributed by atoms with Crippen LogP contribution in [0.15, 0.2) is 48.7 Å². The van der Waals surface area contributed by atoms with Crippen LogP contribution < -0.4 is 14.4 Å². The maximum Gasteiger partial charge on any atom is 0.273 e. The first kappa shape index (κ1) is 17.5. The minimum atomic E-state index is -0.510. The lowest BCUT2D eigenvalue weighted by molar-refractivity contribution is -0.384. The lowest BCUT2D eigenvalue weighted by Gasteiger charge is -2.28. The number of aromatic nitrogens is 3. The molecule has 0 N–H and O–H groups in total. The average Bonchev–Trinajstić information content (AvgIpc) is 3.18. The van der Waals surface area contributed by atoms with E-state index in [1.165, 1.54) is 23.1 Å². The third kappa shape index (κ3) is 3.22. The Labute approximate surface area is 159 Å². The van der Waals surface area contributed by atoms with Gasteiger partial charge in [-0.3, -0.25) is 19.8 Å². The lowest BCUT2D eigenvalue weighted by atomic mass is 10.2. The van der Waals surface area contributed by atoms with Gasteiger partial charge in [0, 0.05) is 12.1 Å². The fourth-order valence-electron chi connectivity index (χ4n) is 2.89. The molecule has 0 fully saturated rings. The summed E-state index contributed by atoms with van der Waals surface area (Å²) in [6.07, 6.45) is 1.71. The third-order valence-electron chi connectivity index (χ3n) is 4.28. The Hall–Kier alpha value is -3.95. The lowest BCUT2D eigenvalue weighted by Crippen LogP contribution is -2.38. The number of rotatable bonds is 5.